The number of nitro groups is 1. The molecule has 0 amide bonds. The van der Waals surface area contributed by atoms with Crippen LogP contribution in [0, 0.1) is 10.1 Å². The summed E-state index contributed by atoms with van der Waals surface area (Å²) in [6.07, 6.45) is -0.0570. The molecule has 0 saturated heterocycles. The maximum atomic E-state index is 10.5. The highest BCUT2D eigenvalue weighted by molar-refractivity contribution is 5.39. The molecule has 3 N–H and O–H groups in total. The zero-order chi connectivity index (χ0) is 13.3. The van der Waals surface area contributed by atoms with Crippen LogP contribution in [-0.2, 0) is 6.42 Å². The van der Waals surface area contributed by atoms with E-state index in [9.17, 15) is 10.1 Å². The number of hydrogen-bond donors (Lipinski definition) is 3. The van der Waals surface area contributed by atoms with Crippen LogP contribution >= 0.6 is 0 Å². The van der Waals surface area contributed by atoms with Crippen LogP contribution in [0.25, 0.3) is 0 Å². The average Bonchev–Trinajstić information content (AvgIpc) is 2.25. The topological polar surface area (TPSA) is 104 Å². The van der Waals surface area contributed by atoms with Crippen molar-refractivity contribution < 1.29 is 20.2 Å². The molecule has 0 spiro atoms. The molecule has 0 radical (unpaired) electrons. The van der Waals surface area contributed by atoms with Crippen LogP contribution in [-0.4, -0.2) is 33.1 Å². The van der Waals surface area contributed by atoms with Crippen LogP contribution in [0.4, 0.5) is 5.69 Å². The van der Waals surface area contributed by atoms with Crippen LogP contribution in [0.1, 0.15) is 18.9 Å². The molecule has 0 atom stereocenters. The second kappa shape index (κ2) is 8.63. The van der Waals surface area contributed by atoms with Gasteiger partial charge in [0.25, 0.3) is 5.69 Å². The van der Waals surface area contributed by atoms with Gasteiger partial charge in [0.05, 0.1) is 4.92 Å². The summed E-state index contributed by atoms with van der Waals surface area (Å²) in [5, 5.41) is 34.3. The highest BCUT2D eigenvalue weighted by Gasteiger charge is 2.10. The number of aliphatic hydroxyl groups is 3. The average molecular weight is 243 g/mol. The molecule has 0 saturated carbocycles. The second-order valence-electron chi connectivity index (χ2n) is 3.34. The fourth-order valence-corrected chi connectivity index (χ4v) is 1.17. The molecular weight excluding hydrogens is 226 g/mol. The van der Waals surface area contributed by atoms with Gasteiger partial charge in [-0.3, -0.25) is 10.1 Å². The molecule has 0 aromatic heterocycles. The number of hydrogen-bond acceptors (Lipinski definition) is 5. The van der Waals surface area contributed by atoms with E-state index in [1.54, 1.807) is 18.2 Å². The molecule has 0 aliphatic rings. The Morgan fingerprint density at radius 1 is 1.35 bits per heavy atom. The first kappa shape index (κ1) is 15.5. The van der Waals surface area contributed by atoms with Gasteiger partial charge in [0, 0.05) is 18.2 Å². The molecule has 0 bridgehead atoms. The Morgan fingerprint density at radius 3 is 2.35 bits per heavy atom. The Bertz CT molecular complexity index is 338. The summed E-state index contributed by atoms with van der Waals surface area (Å²) in [4.78, 5) is 10.1. The minimum absolute atomic E-state index is 0.0616. The Labute approximate surface area is 99.3 Å². The number of aryl methyl sites for hydroxylation is 1. The molecule has 0 aliphatic heterocycles. The van der Waals surface area contributed by atoms with Gasteiger partial charge in [-0.25, -0.2) is 0 Å². The third kappa shape index (κ3) is 7.40. The first-order valence-corrected chi connectivity index (χ1v) is 5.18. The van der Waals surface area contributed by atoms with E-state index in [-0.39, 0.29) is 12.3 Å². The monoisotopic (exact) mass is 243 g/mol. The van der Waals surface area contributed by atoms with Crippen LogP contribution in [0.3, 0.4) is 0 Å². The van der Waals surface area contributed by atoms with Crippen molar-refractivity contribution in [2.45, 2.75) is 26.1 Å². The van der Waals surface area contributed by atoms with E-state index in [0.717, 1.165) is 0 Å². The highest BCUT2D eigenvalue weighted by atomic mass is 16.6. The maximum absolute atomic E-state index is 10.5. The van der Waals surface area contributed by atoms with E-state index in [2.05, 4.69) is 0 Å². The van der Waals surface area contributed by atoms with Gasteiger partial charge < -0.3 is 15.3 Å². The number of nitro benzene ring substituents is 1. The molecule has 17 heavy (non-hydrogen) atoms. The minimum Gasteiger partial charge on any atom is -0.396 e. The number of aliphatic hydroxyl groups excluding tert-OH is 2. The van der Waals surface area contributed by atoms with Gasteiger partial charge in [-0.2, -0.15) is 0 Å². The molecule has 1 aromatic carbocycles. The quantitative estimate of drug-likeness (QED) is 0.413. The number of rotatable bonds is 4. The van der Waals surface area contributed by atoms with Gasteiger partial charge in [-0.15, -0.1) is 0 Å². The van der Waals surface area contributed by atoms with Gasteiger partial charge in [-0.1, -0.05) is 18.2 Å². The zero-order valence-corrected chi connectivity index (χ0v) is 9.61. The minimum atomic E-state index is -1.17. The van der Waals surface area contributed by atoms with Gasteiger partial charge >= 0.3 is 0 Å². The van der Waals surface area contributed by atoms with Crippen molar-refractivity contribution in [3.8, 4) is 0 Å². The van der Waals surface area contributed by atoms with Crippen molar-refractivity contribution in [1.29, 1.82) is 0 Å². The van der Waals surface area contributed by atoms with Crippen LogP contribution < -0.4 is 0 Å². The van der Waals surface area contributed by atoms with Gasteiger partial charge in [-0.05, 0) is 19.8 Å². The third-order valence-electron chi connectivity index (χ3n) is 1.79. The molecule has 6 nitrogen and oxygen atoms in total. The van der Waals surface area contributed by atoms with E-state index in [1.807, 2.05) is 0 Å². The predicted octanol–water partition coefficient (Wildman–Crippen LogP) is 0.837. The van der Waals surface area contributed by atoms with E-state index in [0.29, 0.717) is 18.4 Å². The second-order valence-corrected chi connectivity index (χ2v) is 3.34. The number of para-hydroxylation sites is 1. The predicted molar refractivity (Wildman–Crippen MR) is 62.4 cm³/mol. The summed E-state index contributed by atoms with van der Waals surface area (Å²) in [5.74, 6) is 0. The summed E-state index contributed by atoms with van der Waals surface area (Å²) >= 11 is 0. The summed E-state index contributed by atoms with van der Waals surface area (Å²) in [7, 11) is 0. The lowest BCUT2D eigenvalue weighted by atomic mass is 10.1. The van der Waals surface area contributed by atoms with Crippen LogP contribution in [0.2, 0.25) is 0 Å². The van der Waals surface area contributed by atoms with Crippen LogP contribution in [0.15, 0.2) is 24.3 Å². The standard InChI is InChI=1S/C9H11NO3.C2H6O2/c11-7-3-5-8-4-1-2-6-9(8)10(12)13;1-2(3)4/h1-2,4,6,11H,3,5,7H2;2-4H,1H3. The molecular formula is C11H17NO5. The van der Waals surface area contributed by atoms with E-state index in [4.69, 9.17) is 15.3 Å². The lowest BCUT2D eigenvalue weighted by Gasteiger charge is -2.00. The number of benzene rings is 1. The third-order valence-corrected chi connectivity index (χ3v) is 1.79. The van der Waals surface area contributed by atoms with Crippen molar-refractivity contribution in [2.75, 3.05) is 6.61 Å². The smallest absolute Gasteiger partial charge is 0.272 e. The fourth-order valence-electron chi connectivity index (χ4n) is 1.17. The lowest BCUT2D eigenvalue weighted by molar-refractivity contribution is -0.385. The van der Waals surface area contributed by atoms with Crippen molar-refractivity contribution in [2.24, 2.45) is 0 Å². The van der Waals surface area contributed by atoms with E-state index >= 15 is 0 Å². The van der Waals surface area contributed by atoms with Crippen LogP contribution in [0.5, 0.6) is 0 Å². The molecule has 0 heterocycles. The van der Waals surface area contributed by atoms with E-state index in [1.165, 1.54) is 13.0 Å². The Morgan fingerprint density at radius 2 is 1.88 bits per heavy atom. The molecule has 96 valence electrons. The summed E-state index contributed by atoms with van der Waals surface area (Å²) in [6, 6.07) is 6.60. The first-order chi connectivity index (χ1) is 7.99. The van der Waals surface area contributed by atoms with Gasteiger partial charge in [0.2, 0.25) is 0 Å². The molecule has 0 unspecified atom stereocenters. The Hall–Kier alpha value is -1.50. The van der Waals surface area contributed by atoms with Crippen molar-refractivity contribution in [1.82, 2.24) is 0 Å². The van der Waals surface area contributed by atoms with Crippen molar-refractivity contribution in [3.63, 3.8) is 0 Å². The SMILES string of the molecule is CC(O)O.O=[N+]([O-])c1ccccc1CCCO. The van der Waals surface area contributed by atoms with Crippen molar-refractivity contribution >= 4 is 5.69 Å². The highest BCUT2D eigenvalue weighted by Crippen LogP contribution is 2.18. The Balaban J connectivity index is 0.000000557. The molecule has 0 aliphatic carbocycles. The largest absolute Gasteiger partial charge is 0.396 e. The summed E-state index contributed by atoms with van der Waals surface area (Å²) in [5.41, 5.74) is 0.817. The maximum Gasteiger partial charge on any atom is 0.272 e. The summed E-state index contributed by atoms with van der Waals surface area (Å²) < 4.78 is 0. The summed E-state index contributed by atoms with van der Waals surface area (Å²) in [6.45, 7) is 1.34. The molecule has 6 heteroatoms. The first-order valence-electron chi connectivity index (χ1n) is 5.18. The number of nitrogens with zero attached hydrogens (tertiary/aromatic N) is 1. The molecule has 0 fully saturated rings. The van der Waals surface area contributed by atoms with E-state index < -0.39 is 11.2 Å². The van der Waals surface area contributed by atoms with Crippen molar-refractivity contribution in [3.05, 3.63) is 39.9 Å². The molecule has 1 aromatic rings. The normalized spacial score (nSPS) is 9.71. The Kier molecular flexibility index (Phi) is 7.87. The molecule has 1 rings (SSSR count). The lowest BCUT2D eigenvalue weighted by Crippen LogP contribution is -1.96. The fraction of sp³-hybridized carbons (Fsp3) is 0.455. The van der Waals surface area contributed by atoms with Gasteiger partial charge in [0.15, 0.2) is 0 Å². The zero-order valence-electron chi connectivity index (χ0n) is 9.61. The van der Waals surface area contributed by atoms with Gasteiger partial charge in [0.1, 0.15) is 6.29 Å².